The van der Waals surface area contributed by atoms with E-state index in [1.165, 1.54) is 12.1 Å². The maximum absolute atomic E-state index is 13.1. The number of hydrogen-bond donors (Lipinski definition) is 3. The van der Waals surface area contributed by atoms with Gasteiger partial charge in [0, 0.05) is 30.2 Å². The highest BCUT2D eigenvalue weighted by molar-refractivity contribution is 5.88. The molecule has 5 heteroatoms. The Hall–Kier alpha value is -1.88. The van der Waals surface area contributed by atoms with Crippen LogP contribution in [0.3, 0.4) is 0 Å². The molecule has 1 aromatic heterocycles. The van der Waals surface area contributed by atoms with Gasteiger partial charge in [0.25, 0.3) is 0 Å². The fraction of sp³-hybridized carbons (Fsp3) is 0.250. The number of fused-ring (bicyclic) bond motifs is 1. The summed E-state index contributed by atoms with van der Waals surface area (Å²) in [6.07, 6.45) is 1.95. The summed E-state index contributed by atoms with van der Waals surface area (Å²) in [6.45, 7) is 0.865. The number of H-pyrrole nitrogens is 1. The number of aromatic amines is 1. The maximum atomic E-state index is 13.1. The van der Waals surface area contributed by atoms with Crippen LogP contribution < -0.4 is 11.1 Å². The van der Waals surface area contributed by atoms with E-state index >= 15 is 0 Å². The molecule has 0 bridgehead atoms. The van der Waals surface area contributed by atoms with Gasteiger partial charge in [-0.1, -0.05) is 0 Å². The monoisotopic (exact) mass is 235 g/mol. The summed E-state index contributed by atoms with van der Waals surface area (Å²) >= 11 is 0. The molecular weight excluding hydrogens is 221 g/mol. The van der Waals surface area contributed by atoms with Crippen LogP contribution in [0.4, 0.5) is 4.39 Å². The first-order chi connectivity index (χ1) is 8.20. The van der Waals surface area contributed by atoms with E-state index in [0.29, 0.717) is 13.1 Å². The van der Waals surface area contributed by atoms with Gasteiger partial charge in [0.15, 0.2) is 0 Å². The van der Waals surface area contributed by atoms with Crippen molar-refractivity contribution in [1.29, 1.82) is 0 Å². The van der Waals surface area contributed by atoms with Crippen molar-refractivity contribution in [3.05, 3.63) is 35.8 Å². The zero-order chi connectivity index (χ0) is 12.3. The summed E-state index contributed by atoms with van der Waals surface area (Å²) < 4.78 is 13.1. The third-order valence-electron chi connectivity index (χ3n) is 2.55. The molecule has 0 spiro atoms. The summed E-state index contributed by atoms with van der Waals surface area (Å²) in [5.41, 5.74) is 6.90. The zero-order valence-corrected chi connectivity index (χ0v) is 9.29. The van der Waals surface area contributed by atoms with Crippen LogP contribution in [0.2, 0.25) is 0 Å². The van der Waals surface area contributed by atoms with Crippen molar-refractivity contribution in [2.24, 2.45) is 5.73 Å². The Kier molecular flexibility index (Phi) is 3.39. The third kappa shape index (κ3) is 2.62. The summed E-state index contributed by atoms with van der Waals surface area (Å²) in [5, 5.41) is 3.42. The van der Waals surface area contributed by atoms with Crippen LogP contribution in [0.15, 0.2) is 24.4 Å². The quantitative estimate of drug-likeness (QED) is 0.737. The molecule has 2 rings (SSSR count). The molecule has 90 valence electrons. The van der Waals surface area contributed by atoms with E-state index < -0.39 is 0 Å². The molecule has 0 aliphatic carbocycles. The van der Waals surface area contributed by atoms with E-state index in [-0.39, 0.29) is 18.1 Å². The van der Waals surface area contributed by atoms with Crippen molar-refractivity contribution < 1.29 is 9.18 Å². The molecule has 2 aromatic rings. The minimum absolute atomic E-state index is 0.111. The van der Waals surface area contributed by atoms with Gasteiger partial charge in [-0.15, -0.1) is 0 Å². The molecule has 1 aromatic carbocycles. The van der Waals surface area contributed by atoms with Gasteiger partial charge in [-0.2, -0.15) is 0 Å². The van der Waals surface area contributed by atoms with Gasteiger partial charge in [-0.05, 0) is 23.8 Å². The predicted octanol–water partition coefficient (Wildman–Crippen LogP) is 0.924. The molecule has 4 nitrogen and oxygen atoms in total. The first-order valence-corrected chi connectivity index (χ1v) is 5.43. The second-order valence-corrected chi connectivity index (χ2v) is 3.82. The molecule has 1 heterocycles. The number of hydrogen-bond acceptors (Lipinski definition) is 2. The Balaban J connectivity index is 2.18. The van der Waals surface area contributed by atoms with E-state index in [1.54, 1.807) is 12.3 Å². The lowest BCUT2D eigenvalue weighted by Crippen LogP contribution is -2.30. The smallest absolute Gasteiger partial charge is 0.224 e. The fourth-order valence-corrected chi connectivity index (χ4v) is 1.74. The molecule has 0 radical (unpaired) electrons. The summed E-state index contributed by atoms with van der Waals surface area (Å²) in [5.74, 6) is -0.415. The van der Waals surface area contributed by atoms with Crippen molar-refractivity contribution in [3.8, 4) is 0 Å². The minimum Gasteiger partial charge on any atom is -0.361 e. The highest BCUT2D eigenvalue weighted by Gasteiger charge is 2.08. The molecule has 17 heavy (non-hydrogen) atoms. The molecule has 1 amide bonds. The van der Waals surface area contributed by atoms with Gasteiger partial charge in [0.2, 0.25) is 5.91 Å². The van der Waals surface area contributed by atoms with Gasteiger partial charge >= 0.3 is 0 Å². The fourth-order valence-electron chi connectivity index (χ4n) is 1.74. The Morgan fingerprint density at radius 3 is 3.06 bits per heavy atom. The Morgan fingerprint density at radius 1 is 1.47 bits per heavy atom. The molecule has 4 N–H and O–H groups in total. The van der Waals surface area contributed by atoms with Gasteiger partial charge < -0.3 is 16.0 Å². The van der Waals surface area contributed by atoms with Gasteiger partial charge in [0.05, 0.1) is 6.42 Å². The molecule has 0 atom stereocenters. The molecule has 0 saturated heterocycles. The standard InChI is InChI=1S/C12H14FN3O/c13-9-1-2-11-10(6-9)8(7-16-11)5-12(17)15-4-3-14/h1-2,6-7,16H,3-5,14H2,(H,15,17). The molecule has 0 unspecified atom stereocenters. The van der Waals surface area contributed by atoms with E-state index in [1.807, 2.05) is 0 Å². The van der Waals surface area contributed by atoms with Crippen molar-refractivity contribution >= 4 is 16.8 Å². The van der Waals surface area contributed by atoms with Crippen molar-refractivity contribution in [2.45, 2.75) is 6.42 Å². The number of carbonyl (C=O) groups excluding carboxylic acids is 1. The number of nitrogens with two attached hydrogens (primary N) is 1. The number of aromatic nitrogens is 1. The largest absolute Gasteiger partial charge is 0.361 e. The van der Waals surface area contributed by atoms with Gasteiger partial charge in [0.1, 0.15) is 5.82 Å². The number of benzene rings is 1. The maximum Gasteiger partial charge on any atom is 0.224 e. The summed E-state index contributed by atoms with van der Waals surface area (Å²) in [6, 6.07) is 4.47. The molecular formula is C12H14FN3O. The third-order valence-corrected chi connectivity index (χ3v) is 2.55. The van der Waals surface area contributed by atoms with Crippen LogP contribution in [-0.4, -0.2) is 24.0 Å². The van der Waals surface area contributed by atoms with Crippen molar-refractivity contribution in [1.82, 2.24) is 10.3 Å². The second kappa shape index (κ2) is 4.97. The lowest BCUT2D eigenvalue weighted by molar-refractivity contribution is -0.120. The average Bonchev–Trinajstić information content (AvgIpc) is 2.69. The zero-order valence-electron chi connectivity index (χ0n) is 9.29. The van der Waals surface area contributed by atoms with Crippen molar-refractivity contribution in [3.63, 3.8) is 0 Å². The topological polar surface area (TPSA) is 70.9 Å². The van der Waals surface area contributed by atoms with Crippen LogP contribution in [0.1, 0.15) is 5.56 Å². The highest BCUT2D eigenvalue weighted by atomic mass is 19.1. The van der Waals surface area contributed by atoms with E-state index in [9.17, 15) is 9.18 Å². The first kappa shape index (κ1) is 11.6. The minimum atomic E-state index is -0.305. The van der Waals surface area contributed by atoms with E-state index in [2.05, 4.69) is 10.3 Å². The summed E-state index contributed by atoms with van der Waals surface area (Å²) in [4.78, 5) is 14.5. The number of halogens is 1. The normalized spacial score (nSPS) is 10.7. The first-order valence-electron chi connectivity index (χ1n) is 5.43. The Bertz CT molecular complexity index is 536. The number of nitrogens with one attached hydrogen (secondary N) is 2. The second-order valence-electron chi connectivity index (χ2n) is 3.82. The van der Waals surface area contributed by atoms with E-state index in [0.717, 1.165) is 16.5 Å². The lowest BCUT2D eigenvalue weighted by Gasteiger charge is -2.02. The van der Waals surface area contributed by atoms with Crippen LogP contribution in [0, 0.1) is 5.82 Å². The van der Waals surface area contributed by atoms with Gasteiger partial charge in [-0.25, -0.2) is 4.39 Å². The van der Waals surface area contributed by atoms with Crippen LogP contribution in [0.25, 0.3) is 10.9 Å². The Morgan fingerprint density at radius 2 is 2.29 bits per heavy atom. The molecule has 0 saturated carbocycles. The van der Waals surface area contributed by atoms with Crippen LogP contribution in [-0.2, 0) is 11.2 Å². The van der Waals surface area contributed by atoms with Gasteiger partial charge in [-0.3, -0.25) is 4.79 Å². The highest BCUT2D eigenvalue weighted by Crippen LogP contribution is 2.19. The summed E-state index contributed by atoms with van der Waals surface area (Å²) in [7, 11) is 0. The average molecular weight is 235 g/mol. The van der Waals surface area contributed by atoms with E-state index in [4.69, 9.17) is 5.73 Å². The number of carbonyl (C=O) groups is 1. The molecule has 0 aliphatic rings. The predicted molar refractivity (Wildman–Crippen MR) is 64.0 cm³/mol. The Labute approximate surface area is 98.0 Å². The van der Waals surface area contributed by atoms with Crippen LogP contribution >= 0.6 is 0 Å². The SMILES string of the molecule is NCCNC(=O)Cc1c[nH]c2ccc(F)cc12. The van der Waals surface area contributed by atoms with Crippen LogP contribution in [0.5, 0.6) is 0 Å². The van der Waals surface area contributed by atoms with Crippen molar-refractivity contribution in [2.75, 3.05) is 13.1 Å². The molecule has 0 aliphatic heterocycles. The number of amides is 1. The lowest BCUT2D eigenvalue weighted by atomic mass is 10.1. The number of rotatable bonds is 4. The molecule has 0 fully saturated rings.